The van der Waals surface area contributed by atoms with Gasteiger partial charge in [0, 0.05) is 29.3 Å². The smallest absolute Gasteiger partial charge is 0.203 e. The lowest BCUT2D eigenvalue weighted by molar-refractivity contribution is 0.323. The van der Waals surface area contributed by atoms with Gasteiger partial charge in [0.2, 0.25) is 5.75 Å². The number of aromatic nitrogens is 3. The van der Waals surface area contributed by atoms with Crippen LogP contribution in [-0.4, -0.2) is 36.5 Å². The Hall–Kier alpha value is -3.58. The van der Waals surface area contributed by atoms with E-state index < -0.39 is 5.41 Å². The van der Waals surface area contributed by atoms with E-state index in [0.717, 1.165) is 27.4 Å². The number of benzene rings is 2. The first-order chi connectivity index (χ1) is 15.7. The molecule has 1 atom stereocenters. The Balaban J connectivity index is 1.70. The molecule has 5 rings (SSSR count). The molecule has 1 N–H and O–H groups in total. The highest BCUT2D eigenvalue weighted by Crippen LogP contribution is 2.48. The summed E-state index contributed by atoms with van der Waals surface area (Å²) in [6.07, 6.45) is 6.99. The third kappa shape index (κ3) is 3.17. The van der Waals surface area contributed by atoms with Crippen LogP contribution in [0.25, 0.3) is 16.6 Å². The zero-order chi connectivity index (χ0) is 22.1. The van der Waals surface area contributed by atoms with E-state index in [4.69, 9.17) is 14.2 Å². The van der Waals surface area contributed by atoms with Gasteiger partial charge in [0.25, 0.3) is 0 Å². The molecule has 0 fully saturated rings. The molecule has 7 heteroatoms. The van der Waals surface area contributed by atoms with Gasteiger partial charge in [-0.25, -0.2) is 0 Å². The van der Waals surface area contributed by atoms with Crippen molar-refractivity contribution in [3.05, 3.63) is 82.6 Å². The van der Waals surface area contributed by atoms with Gasteiger partial charge in [-0.15, -0.1) is 11.3 Å². The lowest BCUT2D eigenvalue weighted by Crippen LogP contribution is -2.30. The maximum absolute atomic E-state index is 5.66. The second-order valence-corrected chi connectivity index (χ2v) is 8.48. The fourth-order valence-electron chi connectivity index (χ4n) is 4.42. The second-order valence-electron chi connectivity index (χ2n) is 7.59. The highest BCUT2D eigenvalue weighted by molar-refractivity contribution is 7.13. The molecule has 0 amide bonds. The lowest BCUT2D eigenvalue weighted by Gasteiger charge is -2.35. The average molecular weight is 446 g/mol. The summed E-state index contributed by atoms with van der Waals surface area (Å²) < 4.78 is 16.9. The molecule has 6 nitrogen and oxygen atoms in total. The summed E-state index contributed by atoms with van der Waals surface area (Å²) in [5.74, 6) is 1.84. The predicted octanol–water partition coefficient (Wildman–Crippen LogP) is 5.11. The minimum atomic E-state index is -0.432. The van der Waals surface area contributed by atoms with Crippen molar-refractivity contribution in [3.8, 4) is 27.8 Å². The first kappa shape index (κ1) is 20.3. The van der Waals surface area contributed by atoms with Crippen LogP contribution in [-0.2, 0) is 11.8 Å². The predicted molar refractivity (Wildman–Crippen MR) is 126 cm³/mol. The molecule has 1 aliphatic rings. The van der Waals surface area contributed by atoms with Crippen LogP contribution in [0.15, 0.2) is 60.2 Å². The summed E-state index contributed by atoms with van der Waals surface area (Å²) in [6, 6.07) is 14.5. The minimum Gasteiger partial charge on any atom is -0.493 e. The lowest BCUT2D eigenvalue weighted by atomic mass is 9.68. The number of H-pyrrole nitrogens is 1. The van der Waals surface area contributed by atoms with Crippen molar-refractivity contribution in [1.29, 1.82) is 0 Å². The maximum Gasteiger partial charge on any atom is 0.203 e. The van der Waals surface area contributed by atoms with E-state index >= 15 is 0 Å². The Labute approximate surface area is 190 Å². The van der Waals surface area contributed by atoms with Crippen LogP contribution in [0.2, 0.25) is 0 Å². The molecule has 32 heavy (non-hydrogen) atoms. The molecule has 0 spiro atoms. The van der Waals surface area contributed by atoms with Gasteiger partial charge in [-0.1, -0.05) is 42.5 Å². The quantitative estimate of drug-likeness (QED) is 0.446. The second kappa shape index (κ2) is 8.16. The van der Waals surface area contributed by atoms with E-state index in [9.17, 15) is 0 Å². The third-order valence-electron chi connectivity index (χ3n) is 6.01. The van der Waals surface area contributed by atoms with Crippen molar-refractivity contribution in [1.82, 2.24) is 15.2 Å². The van der Waals surface area contributed by atoms with Gasteiger partial charge in [-0.05, 0) is 23.3 Å². The Bertz CT molecular complexity index is 1240. The number of nitrogens with one attached hydrogen (secondary N) is 1. The summed E-state index contributed by atoms with van der Waals surface area (Å²) in [7, 11) is 4.90. The van der Waals surface area contributed by atoms with Gasteiger partial charge in [-0.2, -0.15) is 5.10 Å². The molecular weight excluding hydrogens is 422 g/mol. The molecule has 162 valence electrons. The number of allylic oxidation sites excluding steroid dienone is 1. The fraction of sp³-hybridized carbons (Fsp3) is 0.200. The van der Waals surface area contributed by atoms with E-state index in [0.29, 0.717) is 23.7 Å². The van der Waals surface area contributed by atoms with Crippen molar-refractivity contribution in [2.45, 2.75) is 11.8 Å². The Morgan fingerprint density at radius 3 is 2.34 bits per heavy atom. The van der Waals surface area contributed by atoms with Crippen molar-refractivity contribution in [2.24, 2.45) is 0 Å². The van der Waals surface area contributed by atoms with E-state index in [2.05, 4.69) is 51.6 Å². The molecule has 0 bridgehead atoms. The van der Waals surface area contributed by atoms with Crippen LogP contribution in [0.4, 0.5) is 0 Å². The van der Waals surface area contributed by atoms with E-state index in [1.165, 1.54) is 5.56 Å². The van der Waals surface area contributed by atoms with Crippen molar-refractivity contribution >= 4 is 17.4 Å². The van der Waals surface area contributed by atoms with Crippen LogP contribution in [0.5, 0.6) is 17.2 Å². The molecule has 4 aromatic rings. The highest BCUT2D eigenvalue weighted by Gasteiger charge is 2.38. The maximum atomic E-state index is 5.66. The van der Waals surface area contributed by atoms with Crippen LogP contribution in [0.3, 0.4) is 0 Å². The van der Waals surface area contributed by atoms with Crippen molar-refractivity contribution < 1.29 is 14.2 Å². The van der Waals surface area contributed by atoms with Gasteiger partial charge in [0.15, 0.2) is 11.5 Å². The SMILES string of the molecule is COc1cc(C2(c3ccccc3)C=Cc3c(-c4cncs4)n[nH]c3C2)cc(OC)c1OC. The molecule has 0 saturated heterocycles. The average Bonchev–Trinajstić information content (AvgIpc) is 3.52. The molecule has 2 heterocycles. The summed E-state index contributed by atoms with van der Waals surface area (Å²) in [5.41, 5.74) is 6.73. The summed E-state index contributed by atoms with van der Waals surface area (Å²) >= 11 is 1.59. The van der Waals surface area contributed by atoms with Gasteiger partial charge in [-0.3, -0.25) is 10.1 Å². The van der Waals surface area contributed by atoms with E-state index in [1.807, 2.05) is 29.9 Å². The number of fused-ring (bicyclic) bond motifs is 1. The molecule has 2 aromatic carbocycles. The fourth-order valence-corrected chi connectivity index (χ4v) is 5.05. The number of thiazole rings is 1. The van der Waals surface area contributed by atoms with Gasteiger partial charge in [0.05, 0.1) is 31.7 Å². The Morgan fingerprint density at radius 2 is 1.72 bits per heavy atom. The molecular formula is C25H23N3O3S. The Morgan fingerprint density at radius 1 is 0.969 bits per heavy atom. The number of hydrogen-bond donors (Lipinski definition) is 1. The molecule has 0 radical (unpaired) electrons. The number of nitrogens with zero attached hydrogens (tertiary/aromatic N) is 2. The topological polar surface area (TPSA) is 69.3 Å². The van der Waals surface area contributed by atoms with Gasteiger partial charge < -0.3 is 14.2 Å². The molecule has 2 aromatic heterocycles. The number of methoxy groups -OCH3 is 3. The normalized spacial score (nSPS) is 17.1. The monoisotopic (exact) mass is 445 g/mol. The molecule has 0 saturated carbocycles. The van der Waals surface area contributed by atoms with Crippen LogP contribution >= 0.6 is 11.3 Å². The largest absolute Gasteiger partial charge is 0.493 e. The first-order valence-electron chi connectivity index (χ1n) is 10.2. The van der Waals surface area contributed by atoms with Crippen LogP contribution in [0, 0.1) is 0 Å². The third-order valence-corrected chi connectivity index (χ3v) is 6.79. The van der Waals surface area contributed by atoms with E-state index in [-0.39, 0.29) is 0 Å². The summed E-state index contributed by atoms with van der Waals surface area (Å²) in [6.45, 7) is 0. The number of rotatable bonds is 6. The molecule has 0 aliphatic heterocycles. The van der Waals surface area contributed by atoms with Crippen molar-refractivity contribution in [3.63, 3.8) is 0 Å². The zero-order valence-corrected chi connectivity index (χ0v) is 18.9. The summed E-state index contributed by atoms with van der Waals surface area (Å²) in [4.78, 5) is 5.25. The number of hydrogen-bond acceptors (Lipinski definition) is 6. The first-order valence-corrected chi connectivity index (χ1v) is 11.1. The highest BCUT2D eigenvalue weighted by atomic mass is 32.1. The standard InChI is InChI=1S/C25H23N3O3S/c1-29-20-11-17(12-21(30-2)24(20)31-3)25(16-7-5-4-6-8-16)10-9-18-19(13-25)27-28-23(18)22-14-26-15-32-22/h4-12,14-15H,13H2,1-3H3,(H,27,28). The van der Waals surface area contributed by atoms with Crippen molar-refractivity contribution in [2.75, 3.05) is 21.3 Å². The Kier molecular flexibility index (Phi) is 5.19. The summed E-state index contributed by atoms with van der Waals surface area (Å²) in [5, 5.41) is 7.89. The number of ether oxygens (including phenoxy) is 3. The molecule has 1 aliphatic carbocycles. The number of aromatic amines is 1. The van der Waals surface area contributed by atoms with E-state index in [1.54, 1.807) is 32.7 Å². The van der Waals surface area contributed by atoms with Crippen LogP contribution < -0.4 is 14.2 Å². The molecule has 1 unspecified atom stereocenters. The zero-order valence-electron chi connectivity index (χ0n) is 18.1. The van der Waals surface area contributed by atoms with Gasteiger partial charge >= 0.3 is 0 Å². The van der Waals surface area contributed by atoms with Crippen LogP contribution in [0.1, 0.15) is 22.4 Å². The van der Waals surface area contributed by atoms with Gasteiger partial charge in [0.1, 0.15) is 5.69 Å². The minimum absolute atomic E-state index is 0.432.